The average molecular weight is 236 g/mol. The van der Waals surface area contributed by atoms with Crippen LogP contribution in [0.2, 0.25) is 0 Å². The maximum atomic E-state index is 11.6. The first-order valence-electron chi connectivity index (χ1n) is 5.29. The fourth-order valence-corrected chi connectivity index (χ4v) is 1.51. The second kappa shape index (κ2) is 6.01. The highest BCUT2D eigenvalue weighted by molar-refractivity contribution is 5.91. The van der Waals surface area contributed by atoms with Gasteiger partial charge in [-0.15, -0.1) is 0 Å². The van der Waals surface area contributed by atoms with Crippen molar-refractivity contribution < 1.29 is 9.53 Å². The van der Waals surface area contributed by atoms with Crippen molar-refractivity contribution in [1.29, 1.82) is 5.26 Å². The molecule has 1 amide bonds. The highest BCUT2D eigenvalue weighted by Crippen LogP contribution is 2.12. The SMILES string of the molecule is COCC(C)CC(=O)Nc1nn(C)cc1C#N. The van der Waals surface area contributed by atoms with Crippen LogP contribution in [-0.4, -0.2) is 29.4 Å². The van der Waals surface area contributed by atoms with Gasteiger partial charge >= 0.3 is 0 Å². The summed E-state index contributed by atoms with van der Waals surface area (Å²) in [6.45, 7) is 2.45. The maximum Gasteiger partial charge on any atom is 0.225 e. The molecule has 0 aromatic carbocycles. The number of hydrogen-bond acceptors (Lipinski definition) is 4. The van der Waals surface area contributed by atoms with Crippen molar-refractivity contribution in [1.82, 2.24) is 9.78 Å². The number of aryl methyl sites for hydroxylation is 1. The van der Waals surface area contributed by atoms with Gasteiger partial charge in [-0.2, -0.15) is 10.4 Å². The zero-order valence-electron chi connectivity index (χ0n) is 10.2. The summed E-state index contributed by atoms with van der Waals surface area (Å²) in [4.78, 5) is 11.6. The molecular formula is C11H16N4O2. The zero-order valence-corrected chi connectivity index (χ0v) is 10.2. The van der Waals surface area contributed by atoms with Gasteiger partial charge in [0.25, 0.3) is 0 Å². The summed E-state index contributed by atoms with van der Waals surface area (Å²) in [6.07, 6.45) is 1.91. The fourth-order valence-electron chi connectivity index (χ4n) is 1.51. The van der Waals surface area contributed by atoms with Crippen LogP contribution in [0.1, 0.15) is 18.9 Å². The molecule has 0 radical (unpaired) electrons. The molecule has 0 aliphatic carbocycles. The van der Waals surface area contributed by atoms with Crippen molar-refractivity contribution in [3.05, 3.63) is 11.8 Å². The molecule has 0 fully saturated rings. The molecule has 17 heavy (non-hydrogen) atoms. The summed E-state index contributed by atoms with van der Waals surface area (Å²) in [6, 6.07) is 1.98. The second-order valence-electron chi connectivity index (χ2n) is 3.99. The molecule has 0 saturated heterocycles. The minimum Gasteiger partial charge on any atom is -0.384 e. The first kappa shape index (κ1) is 13.2. The molecule has 1 atom stereocenters. The summed E-state index contributed by atoms with van der Waals surface area (Å²) >= 11 is 0. The summed E-state index contributed by atoms with van der Waals surface area (Å²) in [5.41, 5.74) is 0.361. The molecule has 0 aliphatic heterocycles. The summed E-state index contributed by atoms with van der Waals surface area (Å²) in [7, 11) is 3.30. The first-order valence-corrected chi connectivity index (χ1v) is 5.29. The molecule has 1 unspecified atom stereocenters. The number of methoxy groups -OCH3 is 1. The van der Waals surface area contributed by atoms with E-state index in [1.165, 1.54) is 4.68 Å². The van der Waals surface area contributed by atoms with E-state index in [2.05, 4.69) is 10.4 Å². The maximum absolute atomic E-state index is 11.6. The van der Waals surface area contributed by atoms with Crippen LogP contribution in [0.15, 0.2) is 6.20 Å². The lowest BCUT2D eigenvalue weighted by molar-refractivity contribution is -0.117. The third-order valence-corrected chi connectivity index (χ3v) is 2.19. The standard InChI is InChI=1S/C11H16N4O2/c1-8(7-17-3)4-10(16)13-11-9(5-12)6-15(2)14-11/h6,8H,4,7H2,1-3H3,(H,13,14,16). The van der Waals surface area contributed by atoms with E-state index in [0.717, 1.165) is 0 Å². The van der Waals surface area contributed by atoms with Crippen molar-refractivity contribution in [3.63, 3.8) is 0 Å². The number of hydrogen-bond donors (Lipinski definition) is 1. The van der Waals surface area contributed by atoms with Crippen LogP contribution in [0.3, 0.4) is 0 Å². The van der Waals surface area contributed by atoms with Crippen LogP contribution in [0.25, 0.3) is 0 Å². The molecule has 1 rings (SSSR count). The Labute approximate surface area is 100 Å². The van der Waals surface area contributed by atoms with E-state index in [1.807, 2.05) is 13.0 Å². The Bertz CT molecular complexity index is 433. The Morgan fingerprint density at radius 3 is 3.06 bits per heavy atom. The van der Waals surface area contributed by atoms with Crippen molar-refractivity contribution in [2.24, 2.45) is 13.0 Å². The molecule has 1 aromatic heterocycles. The number of nitrogens with zero attached hydrogens (tertiary/aromatic N) is 3. The summed E-state index contributed by atoms with van der Waals surface area (Å²) in [5.74, 6) is 0.281. The molecule has 92 valence electrons. The smallest absolute Gasteiger partial charge is 0.225 e. The lowest BCUT2D eigenvalue weighted by Crippen LogP contribution is -2.18. The average Bonchev–Trinajstić information content (AvgIpc) is 2.58. The number of ether oxygens (including phenoxy) is 1. The minimum absolute atomic E-state index is 0.134. The third kappa shape index (κ3) is 3.89. The van der Waals surface area contributed by atoms with Gasteiger partial charge in [0.15, 0.2) is 5.82 Å². The van der Waals surface area contributed by atoms with Crippen LogP contribution in [0, 0.1) is 17.2 Å². The Hall–Kier alpha value is -1.87. The summed E-state index contributed by atoms with van der Waals surface area (Å²) in [5, 5.41) is 15.5. The summed E-state index contributed by atoms with van der Waals surface area (Å²) < 4.78 is 6.44. The minimum atomic E-state index is -0.162. The fraction of sp³-hybridized carbons (Fsp3) is 0.545. The van der Waals surface area contributed by atoms with Crippen LogP contribution in [-0.2, 0) is 16.6 Å². The quantitative estimate of drug-likeness (QED) is 0.823. The van der Waals surface area contributed by atoms with E-state index in [0.29, 0.717) is 24.4 Å². The van der Waals surface area contributed by atoms with Gasteiger partial charge < -0.3 is 10.1 Å². The normalized spacial score (nSPS) is 11.9. The first-order chi connectivity index (χ1) is 8.06. The number of nitriles is 1. The topological polar surface area (TPSA) is 79.9 Å². The Morgan fingerprint density at radius 1 is 1.76 bits per heavy atom. The van der Waals surface area contributed by atoms with E-state index in [1.54, 1.807) is 20.4 Å². The van der Waals surface area contributed by atoms with Crippen molar-refractivity contribution in [3.8, 4) is 6.07 Å². The van der Waals surface area contributed by atoms with E-state index in [-0.39, 0.29) is 11.8 Å². The number of nitrogens with one attached hydrogen (secondary N) is 1. The van der Waals surface area contributed by atoms with Crippen molar-refractivity contribution >= 4 is 11.7 Å². The molecule has 0 bridgehead atoms. The number of aromatic nitrogens is 2. The molecule has 0 saturated carbocycles. The monoisotopic (exact) mass is 236 g/mol. The van der Waals surface area contributed by atoms with Crippen LogP contribution in [0.4, 0.5) is 5.82 Å². The van der Waals surface area contributed by atoms with Gasteiger partial charge in [-0.3, -0.25) is 9.48 Å². The molecule has 1 heterocycles. The number of carbonyl (C=O) groups excluding carboxylic acids is 1. The zero-order chi connectivity index (χ0) is 12.8. The predicted molar refractivity (Wildman–Crippen MR) is 62.2 cm³/mol. The lowest BCUT2D eigenvalue weighted by Gasteiger charge is -2.09. The molecule has 1 aromatic rings. The predicted octanol–water partition coefficient (Wildman–Crippen LogP) is 0.903. The van der Waals surface area contributed by atoms with Gasteiger partial charge in [0.2, 0.25) is 5.91 Å². The highest BCUT2D eigenvalue weighted by Gasteiger charge is 2.13. The van der Waals surface area contributed by atoms with E-state index in [4.69, 9.17) is 10.00 Å². The Morgan fingerprint density at radius 2 is 2.47 bits per heavy atom. The van der Waals surface area contributed by atoms with E-state index in [9.17, 15) is 4.79 Å². The van der Waals surface area contributed by atoms with Gasteiger partial charge in [0.05, 0.1) is 0 Å². The second-order valence-corrected chi connectivity index (χ2v) is 3.99. The molecule has 1 N–H and O–H groups in total. The number of rotatable bonds is 5. The van der Waals surface area contributed by atoms with Crippen LogP contribution < -0.4 is 5.32 Å². The van der Waals surface area contributed by atoms with Crippen molar-refractivity contribution in [2.75, 3.05) is 19.0 Å². The van der Waals surface area contributed by atoms with Gasteiger partial charge in [-0.25, -0.2) is 0 Å². The largest absolute Gasteiger partial charge is 0.384 e. The van der Waals surface area contributed by atoms with Crippen LogP contribution >= 0.6 is 0 Å². The number of anilines is 1. The van der Waals surface area contributed by atoms with Crippen LogP contribution in [0.5, 0.6) is 0 Å². The van der Waals surface area contributed by atoms with E-state index < -0.39 is 0 Å². The van der Waals surface area contributed by atoms with Gasteiger partial charge in [0.1, 0.15) is 11.6 Å². The van der Waals surface area contributed by atoms with E-state index >= 15 is 0 Å². The Balaban J connectivity index is 2.59. The Kier molecular flexibility index (Phi) is 4.67. The number of carbonyl (C=O) groups is 1. The van der Waals surface area contributed by atoms with Gasteiger partial charge in [-0.05, 0) is 5.92 Å². The molecular weight excluding hydrogens is 220 g/mol. The van der Waals surface area contributed by atoms with Gasteiger partial charge in [-0.1, -0.05) is 6.92 Å². The molecule has 6 heteroatoms. The van der Waals surface area contributed by atoms with Crippen molar-refractivity contribution in [2.45, 2.75) is 13.3 Å². The molecule has 6 nitrogen and oxygen atoms in total. The molecule has 0 spiro atoms. The molecule has 0 aliphatic rings. The van der Waals surface area contributed by atoms with Gasteiger partial charge in [0, 0.05) is 33.4 Å². The lowest BCUT2D eigenvalue weighted by atomic mass is 10.1. The number of amides is 1. The third-order valence-electron chi connectivity index (χ3n) is 2.19. The highest BCUT2D eigenvalue weighted by atomic mass is 16.5.